The lowest BCUT2D eigenvalue weighted by molar-refractivity contribution is -0.117. The molecule has 1 aromatic carbocycles. The van der Waals surface area contributed by atoms with E-state index in [9.17, 15) is 4.79 Å². The molecule has 1 N–H and O–H groups in total. The monoisotopic (exact) mass is 320 g/mol. The first-order valence-electron chi connectivity index (χ1n) is 8.50. The van der Waals surface area contributed by atoms with E-state index in [0.717, 1.165) is 25.9 Å². The van der Waals surface area contributed by atoms with E-state index in [2.05, 4.69) is 16.3 Å². The number of hydrogen-bond acceptors (Lipinski definition) is 2. The third-order valence-electron chi connectivity index (χ3n) is 5.30. The van der Waals surface area contributed by atoms with Crippen LogP contribution in [-0.2, 0) is 30.5 Å². The molecule has 1 aliphatic heterocycles. The van der Waals surface area contributed by atoms with E-state index in [1.165, 1.54) is 66.5 Å². The normalized spacial score (nSPS) is 19.6. The molecule has 1 saturated heterocycles. The van der Waals surface area contributed by atoms with Gasteiger partial charge < -0.3 is 5.32 Å². The zero-order chi connectivity index (χ0) is 14.2. The number of carbonyl (C=O) groups excluding carboxylic acids is 1. The van der Waals surface area contributed by atoms with Crippen LogP contribution < -0.4 is 5.32 Å². The Kier molecular flexibility index (Phi) is 4.74. The molecule has 1 heterocycles. The zero-order valence-electron chi connectivity index (χ0n) is 13.1. The van der Waals surface area contributed by atoms with E-state index in [-0.39, 0.29) is 18.3 Å². The Balaban J connectivity index is 0.00000144. The molecule has 0 unspecified atom stereocenters. The van der Waals surface area contributed by atoms with Crippen LogP contribution in [0.5, 0.6) is 0 Å². The van der Waals surface area contributed by atoms with E-state index in [1.807, 2.05) is 0 Å². The number of nitrogens with zero attached hydrogens (tertiary/aromatic N) is 1. The number of halogens is 1. The Morgan fingerprint density at radius 1 is 0.955 bits per heavy atom. The van der Waals surface area contributed by atoms with Crippen molar-refractivity contribution in [3.05, 3.63) is 28.3 Å². The smallest absolute Gasteiger partial charge is 0.238 e. The van der Waals surface area contributed by atoms with Gasteiger partial charge in [0.15, 0.2) is 0 Å². The lowest BCUT2D eigenvalue weighted by Gasteiger charge is -2.18. The number of amides is 1. The summed E-state index contributed by atoms with van der Waals surface area (Å²) in [5, 5.41) is 3.29. The molecule has 4 heteroatoms. The molecule has 0 spiro atoms. The maximum Gasteiger partial charge on any atom is 0.238 e. The van der Waals surface area contributed by atoms with Crippen molar-refractivity contribution < 1.29 is 4.79 Å². The molecule has 1 fully saturated rings. The van der Waals surface area contributed by atoms with Gasteiger partial charge in [-0.25, -0.2) is 0 Å². The van der Waals surface area contributed by atoms with Gasteiger partial charge in [-0.05, 0) is 86.7 Å². The fraction of sp³-hybridized carbons (Fsp3) is 0.611. The summed E-state index contributed by atoms with van der Waals surface area (Å²) in [6, 6.07) is 2.42. The summed E-state index contributed by atoms with van der Waals surface area (Å²) in [4.78, 5) is 14.7. The standard InChI is InChI=1S/C18H24N2O.ClH/c21-17(12-20-9-1-2-10-20)19-18-15-7-3-5-13(15)11-14-6-4-8-16(14)18;/h11H,1-10,12H2,(H,19,21);1H. The molecule has 1 amide bonds. The minimum Gasteiger partial charge on any atom is -0.324 e. The fourth-order valence-electron chi connectivity index (χ4n) is 4.29. The van der Waals surface area contributed by atoms with E-state index in [1.54, 1.807) is 0 Å². The van der Waals surface area contributed by atoms with Crippen molar-refractivity contribution in [2.24, 2.45) is 0 Å². The van der Waals surface area contributed by atoms with Crippen LogP contribution in [0.2, 0.25) is 0 Å². The number of fused-ring (bicyclic) bond motifs is 2. The Morgan fingerprint density at radius 2 is 1.55 bits per heavy atom. The topological polar surface area (TPSA) is 32.3 Å². The second-order valence-corrected chi connectivity index (χ2v) is 6.77. The maximum atomic E-state index is 12.4. The predicted octanol–water partition coefficient (Wildman–Crippen LogP) is 3.12. The van der Waals surface area contributed by atoms with E-state index in [4.69, 9.17) is 0 Å². The van der Waals surface area contributed by atoms with Gasteiger partial charge in [0.1, 0.15) is 0 Å². The van der Waals surface area contributed by atoms with Gasteiger partial charge in [-0.1, -0.05) is 6.07 Å². The van der Waals surface area contributed by atoms with Crippen molar-refractivity contribution in [1.82, 2.24) is 4.90 Å². The van der Waals surface area contributed by atoms with Gasteiger partial charge in [-0.15, -0.1) is 12.4 Å². The first kappa shape index (κ1) is 15.8. The molecule has 0 radical (unpaired) electrons. The minimum absolute atomic E-state index is 0. The number of nitrogens with one attached hydrogen (secondary N) is 1. The minimum atomic E-state index is 0. The van der Waals surface area contributed by atoms with Gasteiger partial charge in [0.2, 0.25) is 5.91 Å². The van der Waals surface area contributed by atoms with E-state index < -0.39 is 0 Å². The molecule has 1 aromatic rings. The SMILES string of the molecule is Cl.O=C(CN1CCCC1)Nc1c2c(cc3c1CCC3)CCC2. The second-order valence-electron chi connectivity index (χ2n) is 6.77. The van der Waals surface area contributed by atoms with Gasteiger partial charge >= 0.3 is 0 Å². The third kappa shape index (κ3) is 2.89. The van der Waals surface area contributed by atoms with Crippen LogP contribution in [-0.4, -0.2) is 30.4 Å². The van der Waals surface area contributed by atoms with Crippen molar-refractivity contribution in [2.45, 2.75) is 51.4 Å². The number of rotatable bonds is 3. The molecule has 3 nitrogen and oxygen atoms in total. The molecule has 4 rings (SSSR count). The molecule has 2 aliphatic carbocycles. The third-order valence-corrected chi connectivity index (χ3v) is 5.30. The highest BCUT2D eigenvalue weighted by Crippen LogP contribution is 2.38. The van der Waals surface area contributed by atoms with Crippen LogP contribution in [0.25, 0.3) is 0 Å². The molecule has 3 aliphatic rings. The lowest BCUT2D eigenvalue weighted by atomic mass is 9.98. The summed E-state index contributed by atoms with van der Waals surface area (Å²) in [6.45, 7) is 2.73. The van der Waals surface area contributed by atoms with Crippen LogP contribution in [0.4, 0.5) is 5.69 Å². The van der Waals surface area contributed by atoms with Crippen LogP contribution in [0, 0.1) is 0 Å². The number of anilines is 1. The Bertz CT molecular complexity index is 547. The summed E-state index contributed by atoms with van der Waals surface area (Å²) in [7, 11) is 0. The lowest BCUT2D eigenvalue weighted by Crippen LogP contribution is -2.31. The quantitative estimate of drug-likeness (QED) is 0.928. The van der Waals surface area contributed by atoms with Crippen molar-refractivity contribution in [1.29, 1.82) is 0 Å². The predicted molar refractivity (Wildman–Crippen MR) is 92.0 cm³/mol. The van der Waals surface area contributed by atoms with Gasteiger partial charge in [0.25, 0.3) is 0 Å². The zero-order valence-corrected chi connectivity index (χ0v) is 13.9. The van der Waals surface area contributed by atoms with Crippen LogP contribution in [0.15, 0.2) is 6.07 Å². The number of benzene rings is 1. The molecule has 22 heavy (non-hydrogen) atoms. The second kappa shape index (κ2) is 6.59. The largest absolute Gasteiger partial charge is 0.324 e. The highest BCUT2D eigenvalue weighted by molar-refractivity contribution is 5.94. The maximum absolute atomic E-state index is 12.4. The molecule has 0 bridgehead atoms. The summed E-state index contributed by atoms with van der Waals surface area (Å²) >= 11 is 0. The Hall–Kier alpha value is -1.06. The van der Waals surface area contributed by atoms with Crippen molar-refractivity contribution in [2.75, 3.05) is 25.0 Å². The molecule has 0 atom stereocenters. The molecule has 120 valence electrons. The summed E-state index contributed by atoms with van der Waals surface area (Å²) < 4.78 is 0. The summed E-state index contributed by atoms with van der Waals surface area (Å²) in [6.07, 6.45) is 9.63. The van der Waals surface area contributed by atoms with Crippen molar-refractivity contribution in [3.63, 3.8) is 0 Å². The number of carbonyl (C=O) groups is 1. The van der Waals surface area contributed by atoms with Crippen LogP contribution >= 0.6 is 12.4 Å². The van der Waals surface area contributed by atoms with Crippen LogP contribution in [0.3, 0.4) is 0 Å². The van der Waals surface area contributed by atoms with Gasteiger partial charge in [-0.3, -0.25) is 9.69 Å². The van der Waals surface area contributed by atoms with Gasteiger partial charge in [0, 0.05) is 5.69 Å². The van der Waals surface area contributed by atoms with Gasteiger partial charge in [0.05, 0.1) is 6.54 Å². The van der Waals surface area contributed by atoms with E-state index >= 15 is 0 Å². The Labute approximate surface area is 138 Å². The number of likely N-dealkylation sites (tertiary alicyclic amines) is 1. The average Bonchev–Trinajstić information content (AvgIpc) is 3.17. The number of aryl methyl sites for hydroxylation is 2. The summed E-state index contributed by atoms with van der Waals surface area (Å²) in [5.74, 6) is 0.186. The fourth-order valence-corrected chi connectivity index (χ4v) is 4.29. The van der Waals surface area contributed by atoms with Crippen molar-refractivity contribution in [3.8, 4) is 0 Å². The Morgan fingerprint density at radius 3 is 2.14 bits per heavy atom. The molecular formula is C18H25ClN2O. The van der Waals surface area contributed by atoms with E-state index in [0.29, 0.717) is 6.54 Å². The average molecular weight is 321 g/mol. The molecular weight excluding hydrogens is 296 g/mol. The van der Waals surface area contributed by atoms with Gasteiger partial charge in [-0.2, -0.15) is 0 Å². The highest BCUT2D eigenvalue weighted by Gasteiger charge is 2.25. The molecule has 0 aromatic heterocycles. The van der Waals surface area contributed by atoms with Crippen LogP contribution in [0.1, 0.15) is 47.9 Å². The number of hydrogen-bond donors (Lipinski definition) is 1. The summed E-state index contributed by atoms with van der Waals surface area (Å²) in [5.41, 5.74) is 7.05. The highest BCUT2D eigenvalue weighted by atomic mass is 35.5. The first-order valence-corrected chi connectivity index (χ1v) is 8.50. The van der Waals surface area contributed by atoms with Crippen molar-refractivity contribution >= 4 is 24.0 Å². The molecule has 0 saturated carbocycles. The first-order chi connectivity index (χ1) is 10.3.